The van der Waals surface area contributed by atoms with Gasteiger partial charge in [0.15, 0.2) is 0 Å². The van der Waals surface area contributed by atoms with Crippen LogP contribution in [0.5, 0.6) is 0 Å². The topological polar surface area (TPSA) is 55.5 Å². The van der Waals surface area contributed by atoms with Gasteiger partial charge in [0, 0.05) is 7.11 Å². The summed E-state index contributed by atoms with van der Waals surface area (Å²) in [6.45, 7) is 0. The molecule has 3 nitrogen and oxygen atoms in total. The molecule has 3 atom stereocenters. The van der Waals surface area contributed by atoms with E-state index in [0.717, 1.165) is 19.3 Å². The van der Waals surface area contributed by atoms with E-state index in [1.807, 2.05) is 0 Å². The third kappa shape index (κ3) is 1.48. The highest BCUT2D eigenvalue weighted by Gasteiger charge is 2.28. The molecule has 0 spiro atoms. The van der Waals surface area contributed by atoms with E-state index in [1.165, 1.54) is 0 Å². The first-order valence-corrected chi connectivity index (χ1v) is 3.72. The van der Waals surface area contributed by atoms with E-state index in [-0.39, 0.29) is 18.2 Å². The molecule has 0 aromatic heterocycles. The highest BCUT2D eigenvalue weighted by molar-refractivity contribution is 4.85. The van der Waals surface area contributed by atoms with Crippen LogP contribution in [0, 0.1) is 0 Å². The fourth-order valence-corrected chi connectivity index (χ4v) is 1.44. The highest BCUT2D eigenvalue weighted by Crippen LogP contribution is 2.19. The zero-order valence-electron chi connectivity index (χ0n) is 6.29. The van der Waals surface area contributed by atoms with Crippen molar-refractivity contribution in [2.24, 2.45) is 5.73 Å². The van der Waals surface area contributed by atoms with Crippen LogP contribution in [0.2, 0.25) is 0 Å². The van der Waals surface area contributed by atoms with Crippen LogP contribution in [0.4, 0.5) is 0 Å². The molecule has 0 aromatic rings. The van der Waals surface area contributed by atoms with Crippen molar-refractivity contribution >= 4 is 0 Å². The molecule has 1 fully saturated rings. The second-order valence-corrected chi connectivity index (χ2v) is 2.85. The fourth-order valence-electron chi connectivity index (χ4n) is 1.44. The lowest BCUT2D eigenvalue weighted by atomic mass is 9.90. The van der Waals surface area contributed by atoms with Crippen molar-refractivity contribution in [2.45, 2.75) is 37.5 Å². The number of hydrogen-bond donors (Lipinski definition) is 2. The van der Waals surface area contributed by atoms with E-state index in [4.69, 9.17) is 10.5 Å². The van der Waals surface area contributed by atoms with Crippen LogP contribution in [0.25, 0.3) is 0 Å². The number of ether oxygens (including phenoxy) is 1. The summed E-state index contributed by atoms with van der Waals surface area (Å²) in [5.74, 6) is 0. The summed E-state index contributed by atoms with van der Waals surface area (Å²) in [7, 11) is 1.64. The predicted molar refractivity (Wildman–Crippen MR) is 38.6 cm³/mol. The number of hydrogen-bond acceptors (Lipinski definition) is 3. The summed E-state index contributed by atoms with van der Waals surface area (Å²) in [5.41, 5.74) is 5.66. The minimum atomic E-state index is -0.362. The first-order valence-electron chi connectivity index (χ1n) is 3.72. The molecule has 10 heavy (non-hydrogen) atoms. The Kier molecular flexibility index (Phi) is 2.65. The summed E-state index contributed by atoms with van der Waals surface area (Å²) in [6.07, 6.45) is 2.52. The van der Waals surface area contributed by atoms with Gasteiger partial charge in [0.2, 0.25) is 0 Å². The molecule has 0 aromatic carbocycles. The minimum Gasteiger partial charge on any atom is -0.391 e. The Morgan fingerprint density at radius 3 is 2.70 bits per heavy atom. The van der Waals surface area contributed by atoms with Crippen LogP contribution >= 0.6 is 0 Å². The van der Waals surface area contributed by atoms with Crippen LogP contribution in [0.3, 0.4) is 0 Å². The summed E-state index contributed by atoms with van der Waals surface area (Å²) in [6, 6.07) is -0.182. The lowest BCUT2D eigenvalue weighted by Crippen LogP contribution is -2.48. The SMILES string of the molecule is COC1CCCC(O)C1N. The van der Waals surface area contributed by atoms with Crippen molar-refractivity contribution < 1.29 is 9.84 Å². The quantitative estimate of drug-likeness (QED) is 0.540. The molecule has 0 heterocycles. The van der Waals surface area contributed by atoms with Crippen molar-refractivity contribution in [3.05, 3.63) is 0 Å². The molecule has 1 aliphatic rings. The van der Waals surface area contributed by atoms with Crippen LogP contribution < -0.4 is 5.73 Å². The van der Waals surface area contributed by atoms with Gasteiger partial charge < -0.3 is 15.6 Å². The maximum atomic E-state index is 9.27. The summed E-state index contributed by atoms with van der Waals surface area (Å²) in [4.78, 5) is 0. The summed E-state index contributed by atoms with van der Waals surface area (Å²) < 4.78 is 5.09. The maximum Gasteiger partial charge on any atom is 0.0747 e. The van der Waals surface area contributed by atoms with Crippen molar-refractivity contribution in [2.75, 3.05) is 7.11 Å². The Labute approximate surface area is 61.2 Å². The van der Waals surface area contributed by atoms with Gasteiger partial charge in [-0.3, -0.25) is 0 Å². The highest BCUT2D eigenvalue weighted by atomic mass is 16.5. The number of methoxy groups -OCH3 is 1. The smallest absolute Gasteiger partial charge is 0.0747 e. The number of aliphatic hydroxyl groups excluding tert-OH is 1. The normalized spacial score (nSPS) is 41.7. The Morgan fingerprint density at radius 1 is 1.50 bits per heavy atom. The summed E-state index contributed by atoms with van der Waals surface area (Å²) in [5, 5.41) is 9.27. The molecule has 1 rings (SSSR count). The molecule has 60 valence electrons. The van der Waals surface area contributed by atoms with Crippen molar-refractivity contribution in [3.63, 3.8) is 0 Å². The first-order chi connectivity index (χ1) is 4.75. The van der Waals surface area contributed by atoms with E-state index in [2.05, 4.69) is 0 Å². The van der Waals surface area contributed by atoms with Gasteiger partial charge in [-0.05, 0) is 19.3 Å². The Hall–Kier alpha value is -0.120. The molecule has 3 N–H and O–H groups in total. The van der Waals surface area contributed by atoms with Crippen LogP contribution in [0.1, 0.15) is 19.3 Å². The third-order valence-electron chi connectivity index (χ3n) is 2.16. The molecule has 0 radical (unpaired) electrons. The van der Waals surface area contributed by atoms with Crippen LogP contribution in [0.15, 0.2) is 0 Å². The largest absolute Gasteiger partial charge is 0.391 e. The molecular weight excluding hydrogens is 130 g/mol. The van der Waals surface area contributed by atoms with Gasteiger partial charge >= 0.3 is 0 Å². The van der Waals surface area contributed by atoms with Crippen LogP contribution in [-0.4, -0.2) is 30.5 Å². The second kappa shape index (κ2) is 3.32. The molecule has 0 amide bonds. The molecule has 0 bridgehead atoms. The number of rotatable bonds is 1. The molecule has 0 saturated heterocycles. The van der Waals surface area contributed by atoms with E-state index < -0.39 is 0 Å². The van der Waals surface area contributed by atoms with E-state index >= 15 is 0 Å². The lowest BCUT2D eigenvalue weighted by molar-refractivity contribution is -0.00854. The number of nitrogens with two attached hydrogens (primary N) is 1. The predicted octanol–water partition coefficient (Wildman–Crippen LogP) is -0.126. The minimum absolute atomic E-state index is 0.0590. The van der Waals surface area contributed by atoms with Gasteiger partial charge in [0.05, 0.1) is 18.2 Å². The Bertz CT molecular complexity index is 108. The van der Waals surface area contributed by atoms with E-state index in [1.54, 1.807) is 7.11 Å². The third-order valence-corrected chi connectivity index (χ3v) is 2.16. The van der Waals surface area contributed by atoms with Gasteiger partial charge in [-0.15, -0.1) is 0 Å². The van der Waals surface area contributed by atoms with Gasteiger partial charge in [0.1, 0.15) is 0 Å². The fraction of sp³-hybridized carbons (Fsp3) is 1.00. The van der Waals surface area contributed by atoms with Crippen LogP contribution in [-0.2, 0) is 4.74 Å². The molecule has 1 aliphatic carbocycles. The Balaban J connectivity index is 2.42. The standard InChI is InChI=1S/C7H15NO2/c1-10-6-4-2-3-5(9)7(6)8/h5-7,9H,2-4,8H2,1H3. The zero-order valence-corrected chi connectivity index (χ0v) is 6.29. The Morgan fingerprint density at radius 2 is 2.20 bits per heavy atom. The van der Waals surface area contributed by atoms with Gasteiger partial charge in [-0.2, -0.15) is 0 Å². The molecule has 0 aliphatic heterocycles. The lowest BCUT2D eigenvalue weighted by Gasteiger charge is -2.31. The number of aliphatic hydroxyl groups is 1. The van der Waals surface area contributed by atoms with Crippen molar-refractivity contribution in [1.82, 2.24) is 0 Å². The first kappa shape index (κ1) is 7.98. The average Bonchev–Trinajstić information content (AvgIpc) is 1.95. The zero-order chi connectivity index (χ0) is 7.56. The van der Waals surface area contributed by atoms with Crippen molar-refractivity contribution in [1.29, 1.82) is 0 Å². The molecular formula is C7H15NO2. The average molecular weight is 145 g/mol. The van der Waals surface area contributed by atoms with Gasteiger partial charge in [0.25, 0.3) is 0 Å². The van der Waals surface area contributed by atoms with E-state index in [0.29, 0.717) is 0 Å². The molecule has 3 heteroatoms. The summed E-state index contributed by atoms with van der Waals surface area (Å²) >= 11 is 0. The van der Waals surface area contributed by atoms with E-state index in [9.17, 15) is 5.11 Å². The molecule has 1 saturated carbocycles. The second-order valence-electron chi connectivity index (χ2n) is 2.85. The van der Waals surface area contributed by atoms with Crippen molar-refractivity contribution in [3.8, 4) is 0 Å². The van der Waals surface area contributed by atoms with Gasteiger partial charge in [-0.1, -0.05) is 0 Å². The maximum absolute atomic E-state index is 9.27. The van der Waals surface area contributed by atoms with Gasteiger partial charge in [-0.25, -0.2) is 0 Å². The monoisotopic (exact) mass is 145 g/mol. The molecule has 3 unspecified atom stereocenters.